The van der Waals surface area contributed by atoms with Gasteiger partial charge in [0.2, 0.25) is 0 Å². The van der Waals surface area contributed by atoms with Gasteiger partial charge in [0, 0.05) is 0 Å². The fourth-order valence-electron chi connectivity index (χ4n) is 2.62. The summed E-state index contributed by atoms with van der Waals surface area (Å²) >= 11 is 0. The smallest absolute Gasteiger partial charge is 0.0777 e. The third kappa shape index (κ3) is 66.5. The number of hydrogen-bond donors (Lipinski definition) is 1. The average molecular weight is 414 g/mol. The van der Waals surface area contributed by atoms with E-state index in [9.17, 15) is 0 Å². The maximum atomic E-state index is 8.60. The molecule has 27 heavy (non-hydrogen) atoms. The van der Waals surface area contributed by atoms with Crippen molar-refractivity contribution >= 4 is 0 Å². The number of rotatable bonds is 15. The van der Waals surface area contributed by atoms with Crippen molar-refractivity contribution in [2.45, 2.75) is 117 Å². The van der Waals surface area contributed by atoms with Crippen LogP contribution in [-0.2, 0) is 0 Å². The molecule has 0 aliphatic rings. The maximum absolute atomic E-state index is 8.60. The predicted octanol–water partition coefficient (Wildman–Crippen LogP) is 3.32. The third-order valence-corrected chi connectivity index (χ3v) is 3.96. The molecular weight excluding hydrogens is 366 g/mol. The second kappa shape index (κ2) is 26.1. The Hall–Kier alpha value is 0.0900. The van der Waals surface area contributed by atoms with Crippen molar-refractivity contribution in [1.29, 1.82) is 0 Å². The molecule has 0 unspecified atom stereocenters. The number of hydrogen-bond acceptors (Lipinski definition) is 5. The standard InChI is InChI=1S/C18H38.C3H9N.ClHO4/c1-3-5-7-9-11-13-15-17-18-16-14-12-10-8-6-4-2;1-4(2)3;2-1(3,4)5/h3-18H2,1-2H3;1-3H3;(H,2,3,4,5). The summed E-state index contributed by atoms with van der Waals surface area (Å²) in [7, 11) is 1.31. The van der Waals surface area contributed by atoms with Crippen LogP contribution < -0.4 is 14.0 Å². The molecule has 0 aliphatic carbocycles. The molecule has 0 aromatic carbocycles. The summed E-state index contributed by atoms with van der Waals surface area (Å²) in [6.07, 6.45) is 23.4. The minimum Gasteiger partial charge on any atom is -0.312 e. The van der Waals surface area contributed by atoms with Crippen molar-refractivity contribution in [3.8, 4) is 0 Å². The summed E-state index contributed by atoms with van der Waals surface area (Å²) in [6, 6.07) is 0. The zero-order valence-electron chi connectivity index (χ0n) is 18.8. The Morgan fingerprint density at radius 1 is 0.519 bits per heavy atom. The molecule has 0 saturated heterocycles. The van der Waals surface area contributed by atoms with Crippen molar-refractivity contribution in [3.63, 3.8) is 0 Å². The minimum absolute atomic E-state index is 1.37. The zero-order chi connectivity index (χ0) is 21.4. The van der Waals surface area contributed by atoms with Crippen molar-refractivity contribution < 1.29 is 28.9 Å². The Kier molecular flexibility index (Phi) is 30.7. The molecule has 0 aromatic heterocycles. The van der Waals surface area contributed by atoms with Crippen LogP contribution >= 0.6 is 0 Å². The van der Waals surface area contributed by atoms with Crippen LogP contribution in [0.25, 0.3) is 0 Å². The van der Waals surface area contributed by atoms with Gasteiger partial charge in [-0.2, -0.15) is 14.0 Å². The normalized spacial score (nSPS) is 10.9. The highest BCUT2D eigenvalue weighted by atomic mass is 35.7. The van der Waals surface area contributed by atoms with E-state index in [0.29, 0.717) is 0 Å². The molecule has 0 aromatic rings. The molecule has 0 spiro atoms. The Bertz CT molecular complexity index is 224. The Morgan fingerprint density at radius 3 is 0.741 bits per heavy atom. The second-order valence-electron chi connectivity index (χ2n) is 7.69. The van der Waals surface area contributed by atoms with Gasteiger partial charge in [-0.25, -0.2) is 0 Å². The highest BCUT2D eigenvalue weighted by Gasteiger charge is 1.98. The second-order valence-corrected chi connectivity index (χ2v) is 8.48. The Balaban J connectivity index is -0.000000528. The first kappa shape index (κ1) is 31.8. The Morgan fingerprint density at radius 2 is 0.630 bits per heavy atom. The third-order valence-electron chi connectivity index (χ3n) is 3.96. The SMILES string of the molecule is CCCCCCCCCCCCCCCCCC.CN(C)C.[O-][Cl+3]([O-])([O-])O. The van der Waals surface area contributed by atoms with Crippen LogP contribution in [0.3, 0.4) is 0 Å². The van der Waals surface area contributed by atoms with Gasteiger partial charge in [-0.15, -0.1) is 0 Å². The van der Waals surface area contributed by atoms with Gasteiger partial charge < -0.3 is 4.90 Å². The van der Waals surface area contributed by atoms with Crippen LogP contribution in [0, 0.1) is 10.2 Å². The summed E-state index contributed by atoms with van der Waals surface area (Å²) in [4.78, 5) is 2.00. The number of halogens is 1. The molecular formula is C21H48ClNO4. The zero-order valence-corrected chi connectivity index (χ0v) is 19.6. The van der Waals surface area contributed by atoms with Crippen LogP contribution in [0.15, 0.2) is 0 Å². The number of nitrogens with zero attached hydrogens (tertiary/aromatic N) is 1. The quantitative estimate of drug-likeness (QED) is 0.415. The van der Waals surface area contributed by atoms with Gasteiger partial charge in [-0.3, -0.25) is 0 Å². The predicted molar refractivity (Wildman–Crippen MR) is 107 cm³/mol. The van der Waals surface area contributed by atoms with E-state index in [2.05, 4.69) is 13.8 Å². The van der Waals surface area contributed by atoms with E-state index < -0.39 is 10.2 Å². The van der Waals surface area contributed by atoms with Crippen LogP contribution in [0.1, 0.15) is 117 Å². The molecule has 1 N–H and O–H groups in total. The maximum Gasteiger partial charge on any atom is 0.0777 e. The minimum atomic E-state index is -4.69. The van der Waals surface area contributed by atoms with Crippen LogP contribution in [0.5, 0.6) is 0 Å². The van der Waals surface area contributed by atoms with Gasteiger partial charge in [0.25, 0.3) is 0 Å². The van der Waals surface area contributed by atoms with Crippen molar-refractivity contribution in [2.75, 3.05) is 21.1 Å². The van der Waals surface area contributed by atoms with Gasteiger partial charge in [-0.05, 0) is 21.1 Å². The lowest BCUT2D eigenvalue weighted by Gasteiger charge is -2.03. The summed E-state index contributed by atoms with van der Waals surface area (Å²) in [5.41, 5.74) is 0. The molecule has 6 heteroatoms. The first-order chi connectivity index (χ1) is 12.6. The van der Waals surface area contributed by atoms with E-state index >= 15 is 0 Å². The monoisotopic (exact) mass is 413 g/mol. The van der Waals surface area contributed by atoms with E-state index in [0.717, 1.165) is 0 Å². The Labute approximate surface area is 171 Å². The summed E-state index contributed by atoms with van der Waals surface area (Å²) < 4.78 is 32.7. The lowest BCUT2D eigenvalue weighted by Crippen LogP contribution is -2.58. The highest BCUT2D eigenvalue weighted by molar-refractivity contribution is 4.49. The summed E-state index contributed by atoms with van der Waals surface area (Å²) in [5, 5.41) is 0. The van der Waals surface area contributed by atoms with Crippen molar-refractivity contribution in [3.05, 3.63) is 0 Å². The fourth-order valence-corrected chi connectivity index (χ4v) is 2.62. The molecule has 0 aliphatic heterocycles. The largest absolute Gasteiger partial charge is 0.312 e. The van der Waals surface area contributed by atoms with Crippen LogP contribution in [0.2, 0.25) is 0 Å². The van der Waals surface area contributed by atoms with E-state index in [4.69, 9.17) is 18.6 Å². The lowest BCUT2D eigenvalue weighted by molar-refractivity contribution is -1.92. The van der Waals surface area contributed by atoms with Gasteiger partial charge in [0.15, 0.2) is 0 Å². The molecule has 0 saturated carbocycles. The van der Waals surface area contributed by atoms with Crippen LogP contribution in [0.4, 0.5) is 0 Å². The molecule has 0 atom stereocenters. The fraction of sp³-hybridized carbons (Fsp3) is 1.00. The molecule has 168 valence electrons. The summed E-state index contributed by atoms with van der Waals surface area (Å²) in [5.74, 6) is 0. The molecule has 0 rings (SSSR count). The van der Waals surface area contributed by atoms with E-state index in [-0.39, 0.29) is 0 Å². The van der Waals surface area contributed by atoms with E-state index in [1.807, 2.05) is 26.0 Å². The van der Waals surface area contributed by atoms with Crippen molar-refractivity contribution in [2.24, 2.45) is 0 Å². The first-order valence-electron chi connectivity index (χ1n) is 10.9. The van der Waals surface area contributed by atoms with Crippen LogP contribution in [-0.4, -0.2) is 30.7 Å². The van der Waals surface area contributed by atoms with Gasteiger partial charge in [0.05, 0.1) is 14.9 Å². The first-order valence-corrected chi connectivity index (χ1v) is 12.2. The molecule has 0 heterocycles. The van der Waals surface area contributed by atoms with Gasteiger partial charge in [-0.1, -0.05) is 117 Å². The molecule has 0 fully saturated rings. The molecule has 0 amide bonds. The number of unbranched alkanes of at least 4 members (excludes halogenated alkanes) is 15. The lowest BCUT2D eigenvalue weighted by atomic mass is 10.0. The molecule has 0 bridgehead atoms. The molecule has 5 nitrogen and oxygen atoms in total. The molecule has 0 radical (unpaired) electrons. The van der Waals surface area contributed by atoms with E-state index in [1.165, 1.54) is 103 Å². The topological polar surface area (TPSA) is 92.7 Å². The van der Waals surface area contributed by atoms with E-state index in [1.54, 1.807) is 0 Å². The van der Waals surface area contributed by atoms with Gasteiger partial charge >= 0.3 is 0 Å². The van der Waals surface area contributed by atoms with Crippen molar-refractivity contribution in [1.82, 2.24) is 4.90 Å². The summed E-state index contributed by atoms with van der Waals surface area (Å²) in [6.45, 7) is 4.59. The highest BCUT2D eigenvalue weighted by Crippen LogP contribution is 2.13. The average Bonchev–Trinajstić information content (AvgIpc) is 2.53. The van der Waals surface area contributed by atoms with Gasteiger partial charge in [0.1, 0.15) is 0 Å².